The van der Waals surface area contributed by atoms with E-state index in [2.05, 4.69) is 10.2 Å². The summed E-state index contributed by atoms with van der Waals surface area (Å²) in [5.41, 5.74) is 14.8. The van der Waals surface area contributed by atoms with E-state index in [0.29, 0.717) is 18.5 Å². The first kappa shape index (κ1) is 18.1. The van der Waals surface area contributed by atoms with Crippen molar-refractivity contribution in [2.75, 3.05) is 13.1 Å². The fourth-order valence-electron chi connectivity index (χ4n) is 4.39. The number of benzene rings is 1. The Kier molecular flexibility index (Phi) is 4.71. The highest BCUT2D eigenvalue weighted by Crippen LogP contribution is 2.28. The van der Waals surface area contributed by atoms with Gasteiger partial charge >= 0.3 is 0 Å². The highest BCUT2D eigenvalue weighted by Gasteiger charge is 2.39. The van der Waals surface area contributed by atoms with Crippen molar-refractivity contribution in [1.29, 1.82) is 0 Å². The van der Waals surface area contributed by atoms with E-state index in [9.17, 15) is 14.4 Å². The number of amides is 3. The minimum absolute atomic E-state index is 0.0905. The number of carbonyl (C=O) groups is 3. The van der Waals surface area contributed by atoms with Crippen LogP contribution in [0.4, 0.5) is 0 Å². The Morgan fingerprint density at radius 2 is 1.85 bits per heavy atom. The van der Waals surface area contributed by atoms with Crippen molar-refractivity contribution < 1.29 is 14.4 Å². The number of hydrogen-bond donors (Lipinski definition) is 3. The zero-order valence-electron chi connectivity index (χ0n) is 15.2. The molecular weight excluding hydrogens is 346 g/mol. The van der Waals surface area contributed by atoms with Crippen molar-refractivity contribution in [3.05, 3.63) is 34.9 Å². The number of carbonyl (C=O) groups excluding carboxylic acids is 3. The maximum absolute atomic E-state index is 12.7. The van der Waals surface area contributed by atoms with E-state index in [1.165, 1.54) is 0 Å². The lowest BCUT2D eigenvalue weighted by Gasteiger charge is -2.34. The van der Waals surface area contributed by atoms with Gasteiger partial charge in [-0.05, 0) is 30.0 Å². The number of nitrogens with zero attached hydrogens (tertiary/aromatic N) is 2. The van der Waals surface area contributed by atoms with Gasteiger partial charge in [0.2, 0.25) is 11.8 Å². The predicted octanol–water partition coefficient (Wildman–Crippen LogP) is -0.692. The molecule has 2 saturated heterocycles. The van der Waals surface area contributed by atoms with Crippen LogP contribution in [0, 0.1) is 0 Å². The molecule has 0 aliphatic carbocycles. The van der Waals surface area contributed by atoms with Gasteiger partial charge < -0.3 is 16.4 Å². The largest absolute Gasteiger partial charge is 0.326 e. The molecule has 0 spiro atoms. The standard InChI is InChI=1S/C19H25N5O3/c20-13-6-14(21)10-23(9-13)7-11-1-2-15-12(5-11)8-24(19(15)27)16-3-4-17(25)22-18(16)26/h1-2,5,13-14,16H,3-4,6-10,20-21H2,(H,22,25,26)/t13-,14-,16?/m0/s1. The molecule has 0 radical (unpaired) electrons. The van der Waals surface area contributed by atoms with Crippen molar-refractivity contribution in [3.63, 3.8) is 0 Å². The Hall–Kier alpha value is -2.29. The summed E-state index contributed by atoms with van der Waals surface area (Å²) in [6.07, 6.45) is 1.48. The molecule has 3 aliphatic rings. The van der Waals surface area contributed by atoms with Gasteiger partial charge in [0.05, 0.1) is 0 Å². The Morgan fingerprint density at radius 3 is 2.56 bits per heavy atom. The first-order chi connectivity index (χ1) is 12.9. The number of fused-ring (bicyclic) bond motifs is 1. The zero-order valence-corrected chi connectivity index (χ0v) is 15.2. The summed E-state index contributed by atoms with van der Waals surface area (Å²) in [5, 5.41) is 2.33. The second kappa shape index (κ2) is 7.03. The van der Waals surface area contributed by atoms with Gasteiger partial charge in [0, 0.05) is 50.2 Å². The van der Waals surface area contributed by atoms with Crippen LogP contribution < -0.4 is 16.8 Å². The summed E-state index contributed by atoms with van der Waals surface area (Å²) in [7, 11) is 0. The number of piperidine rings is 2. The van der Waals surface area contributed by atoms with Gasteiger partial charge in [-0.25, -0.2) is 0 Å². The van der Waals surface area contributed by atoms with Crippen LogP contribution >= 0.6 is 0 Å². The van der Waals surface area contributed by atoms with Crippen LogP contribution in [0.3, 0.4) is 0 Å². The number of nitrogens with one attached hydrogen (secondary N) is 1. The Labute approximate surface area is 157 Å². The average Bonchev–Trinajstić information content (AvgIpc) is 2.90. The van der Waals surface area contributed by atoms with Crippen molar-refractivity contribution in [2.45, 2.75) is 50.5 Å². The molecule has 3 heterocycles. The van der Waals surface area contributed by atoms with Crippen molar-refractivity contribution in [3.8, 4) is 0 Å². The molecule has 0 aromatic heterocycles. The van der Waals surface area contributed by atoms with Gasteiger partial charge in [-0.2, -0.15) is 0 Å². The zero-order chi connectivity index (χ0) is 19.1. The molecule has 1 aromatic carbocycles. The Morgan fingerprint density at radius 1 is 1.11 bits per heavy atom. The number of imide groups is 1. The first-order valence-corrected chi connectivity index (χ1v) is 9.40. The lowest BCUT2D eigenvalue weighted by atomic mass is 10.0. The van der Waals surface area contributed by atoms with Crippen LogP contribution in [0.5, 0.6) is 0 Å². The Bertz CT molecular complexity index is 786. The monoisotopic (exact) mass is 371 g/mol. The Balaban J connectivity index is 1.47. The molecule has 27 heavy (non-hydrogen) atoms. The summed E-state index contributed by atoms with van der Waals surface area (Å²) in [6, 6.07) is 5.42. The summed E-state index contributed by atoms with van der Waals surface area (Å²) >= 11 is 0. The molecule has 144 valence electrons. The third-order valence-corrected chi connectivity index (χ3v) is 5.59. The molecule has 3 aliphatic heterocycles. The van der Waals surface area contributed by atoms with Gasteiger partial charge in [-0.3, -0.25) is 24.6 Å². The molecule has 1 unspecified atom stereocenters. The lowest BCUT2D eigenvalue weighted by molar-refractivity contribution is -0.136. The minimum Gasteiger partial charge on any atom is -0.326 e. The molecule has 1 aromatic rings. The molecule has 8 nitrogen and oxygen atoms in total. The van der Waals surface area contributed by atoms with Gasteiger partial charge in [0.25, 0.3) is 5.91 Å². The average molecular weight is 371 g/mol. The lowest BCUT2D eigenvalue weighted by Crippen LogP contribution is -2.52. The van der Waals surface area contributed by atoms with Crippen LogP contribution in [0.15, 0.2) is 18.2 Å². The molecule has 0 saturated carbocycles. The molecule has 5 N–H and O–H groups in total. The number of likely N-dealkylation sites (tertiary alicyclic amines) is 1. The van der Waals surface area contributed by atoms with Crippen LogP contribution in [0.1, 0.15) is 40.7 Å². The summed E-state index contributed by atoms with van der Waals surface area (Å²) in [6.45, 7) is 2.76. The van der Waals surface area contributed by atoms with Crippen LogP contribution in [0.2, 0.25) is 0 Å². The van der Waals surface area contributed by atoms with Gasteiger partial charge in [-0.1, -0.05) is 12.1 Å². The first-order valence-electron chi connectivity index (χ1n) is 9.40. The molecule has 3 amide bonds. The number of nitrogens with two attached hydrogens (primary N) is 2. The van der Waals surface area contributed by atoms with Gasteiger partial charge in [0.1, 0.15) is 6.04 Å². The molecular formula is C19H25N5O3. The second-order valence-corrected chi connectivity index (χ2v) is 7.84. The van der Waals surface area contributed by atoms with Gasteiger partial charge in [-0.15, -0.1) is 0 Å². The van der Waals surface area contributed by atoms with E-state index in [-0.39, 0.29) is 36.2 Å². The predicted molar refractivity (Wildman–Crippen MR) is 98.3 cm³/mol. The summed E-state index contributed by atoms with van der Waals surface area (Å²) in [5.74, 6) is -0.808. The third-order valence-electron chi connectivity index (χ3n) is 5.59. The molecule has 4 rings (SSSR count). The van der Waals surface area contributed by atoms with E-state index in [4.69, 9.17) is 11.5 Å². The molecule has 8 heteroatoms. The highest BCUT2D eigenvalue weighted by molar-refractivity contribution is 6.05. The molecule has 2 fully saturated rings. The van der Waals surface area contributed by atoms with Crippen molar-refractivity contribution >= 4 is 17.7 Å². The van der Waals surface area contributed by atoms with Crippen LogP contribution in [-0.2, 0) is 22.7 Å². The normalized spacial score (nSPS) is 29.0. The van der Waals surface area contributed by atoms with Crippen molar-refractivity contribution in [2.24, 2.45) is 11.5 Å². The van der Waals surface area contributed by atoms with E-state index in [0.717, 1.165) is 37.2 Å². The topological polar surface area (TPSA) is 122 Å². The van der Waals surface area contributed by atoms with Crippen LogP contribution in [0.25, 0.3) is 0 Å². The van der Waals surface area contributed by atoms with E-state index in [1.54, 1.807) is 4.90 Å². The third kappa shape index (κ3) is 3.60. The fourth-order valence-corrected chi connectivity index (χ4v) is 4.39. The maximum Gasteiger partial charge on any atom is 0.255 e. The van der Waals surface area contributed by atoms with E-state index < -0.39 is 6.04 Å². The highest BCUT2D eigenvalue weighted by atomic mass is 16.2. The van der Waals surface area contributed by atoms with E-state index in [1.807, 2.05) is 18.2 Å². The minimum atomic E-state index is -0.579. The summed E-state index contributed by atoms with van der Waals surface area (Å²) in [4.78, 5) is 40.0. The van der Waals surface area contributed by atoms with Crippen molar-refractivity contribution in [1.82, 2.24) is 15.1 Å². The maximum atomic E-state index is 12.7. The second-order valence-electron chi connectivity index (χ2n) is 7.84. The number of hydrogen-bond acceptors (Lipinski definition) is 6. The quantitative estimate of drug-likeness (QED) is 0.605. The van der Waals surface area contributed by atoms with Crippen LogP contribution in [-0.4, -0.2) is 58.7 Å². The number of rotatable bonds is 3. The molecule has 3 atom stereocenters. The summed E-state index contributed by atoms with van der Waals surface area (Å²) < 4.78 is 0. The molecule has 0 bridgehead atoms. The fraction of sp³-hybridized carbons (Fsp3) is 0.526. The van der Waals surface area contributed by atoms with Gasteiger partial charge in [0.15, 0.2) is 0 Å². The SMILES string of the molecule is N[C@H]1C[C@H](N)CN(Cc2ccc3c(c2)CN(C2CCC(=O)NC2=O)C3=O)C1. The van der Waals surface area contributed by atoms with E-state index >= 15 is 0 Å². The smallest absolute Gasteiger partial charge is 0.255 e.